The van der Waals surface area contributed by atoms with Gasteiger partial charge in [0.05, 0.1) is 0 Å². The van der Waals surface area contributed by atoms with Gasteiger partial charge in [-0.1, -0.05) is 25.5 Å². The van der Waals surface area contributed by atoms with E-state index >= 15 is 0 Å². The fourth-order valence-corrected chi connectivity index (χ4v) is 8.56. The van der Waals surface area contributed by atoms with Crippen molar-refractivity contribution in [1.82, 2.24) is 0 Å². The summed E-state index contributed by atoms with van der Waals surface area (Å²) in [6.07, 6.45) is 17.1. The monoisotopic (exact) mass is 344 g/mol. The van der Waals surface area contributed by atoms with Gasteiger partial charge < -0.3 is 4.74 Å². The van der Waals surface area contributed by atoms with Gasteiger partial charge in [-0.2, -0.15) is 0 Å². The predicted molar refractivity (Wildman–Crippen MR) is 105 cm³/mol. The molecule has 0 spiro atoms. The van der Waals surface area contributed by atoms with Crippen molar-refractivity contribution in [2.45, 2.75) is 85.0 Å². The zero-order valence-electron chi connectivity index (χ0n) is 17.2. The van der Waals surface area contributed by atoms with Gasteiger partial charge in [-0.15, -0.1) is 0 Å². The van der Waals surface area contributed by atoms with Gasteiger partial charge in [0.15, 0.2) is 0 Å². The third-order valence-electron chi connectivity index (χ3n) is 9.73. The summed E-state index contributed by atoms with van der Waals surface area (Å²) < 4.78 is 5.52. The minimum atomic E-state index is 0.547. The molecule has 0 radical (unpaired) electrons. The number of fused-ring (bicyclic) bond motifs is 5. The molecular weight excluding hydrogens is 304 g/mol. The third-order valence-corrected chi connectivity index (χ3v) is 9.73. The van der Waals surface area contributed by atoms with Crippen molar-refractivity contribution in [3.05, 3.63) is 11.6 Å². The van der Waals surface area contributed by atoms with E-state index in [4.69, 9.17) is 4.74 Å². The van der Waals surface area contributed by atoms with Crippen LogP contribution in [-0.2, 0) is 4.74 Å². The van der Waals surface area contributed by atoms with Crippen molar-refractivity contribution in [2.24, 2.45) is 40.4 Å². The van der Waals surface area contributed by atoms with Gasteiger partial charge in [-0.25, -0.2) is 0 Å². The molecule has 25 heavy (non-hydrogen) atoms. The number of ether oxygens (including phenoxy) is 1. The summed E-state index contributed by atoms with van der Waals surface area (Å²) in [6.45, 7) is 8.43. The van der Waals surface area contributed by atoms with Crippen LogP contribution in [0.2, 0.25) is 0 Å². The Labute approximate surface area is 156 Å². The lowest BCUT2D eigenvalue weighted by molar-refractivity contribution is -0.122. The van der Waals surface area contributed by atoms with Crippen molar-refractivity contribution in [1.29, 1.82) is 0 Å². The van der Waals surface area contributed by atoms with E-state index in [1.54, 1.807) is 5.57 Å². The molecule has 0 amide bonds. The Morgan fingerprint density at radius 3 is 2.64 bits per heavy atom. The smallest absolute Gasteiger partial charge is 0.0490 e. The maximum absolute atomic E-state index is 5.52. The van der Waals surface area contributed by atoms with Gasteiger partial charge in [0, 0.05) is 13.7 Å². The van der Waals surface area contributed by atoms with Crippen LogP contribution in [0.15, 0.2) is 11.6 Å². The summed E-state index contributed by atoms with van der Waals surface area (Å²) >= 11 is 0. The summed E-state index contributed by atoms with van der Waals surface area (Å²) in [6, 6.07) is 0. The highest BCUT2D eigenvalue weighted by atomic mass is 16.5. The maximum Gasteiger partial charge on any atom is 0.0490 e. The van der Waals surface area contributed by atoms with E-state index < -0.39 is 0 Å². The Kier molecular flexibility index (Phi) is 4.84. The first kappa shape index (κ1) is 18.1. The topological polar surface area (TPSA) is 9.23 Å². The highest BCUT2D eigenvalue weighted by Crippen LogP contribution is 2.68. The largest absolute Gasteiger partial charge is 0.384 e. The van der Waals surface area contributed by atoms with E-state index in [1.807, 2.05) is 7.11 Å². The molecule has 0 saturated heterocycles. The second-order valence-corrected chi connectivity index (χ2v) is 10.1. The van der Waals surface area contributed by atoms with Crippen molar-refractivity contribution >= 4 is 0 Å². The van der Waals surface area contributed by atoms with Crippen LogP contribution in [0.4, 0.5) is 0 Å². The number of hydrogen-bond acceptors (Lipinski definition) is 1. The van der Waals surface area contributed by atoms with Crippen LogP contribution < -0.4 is 0 Å². The molecule has 0 N–H and O–H groups in total. The molecule has 0 aliphatic heterocycles. The minimum Gasteiger partial charge on any atom is -0.384 e. The maximum atomic E-state index is 5.52. The summed E-state index contributed by atoms with van der Waals surface area (Å²) in [7, 11) is 1.89. The van der Waals surface area contributed by atoms with Crippen LogP contribution in [-0.4, -0.2) is 13.7 Å². The van der Waals surface area contributed by atoms with E-state index in [2.05, 4.69) is 26.8 Å². The van der Waals surface area contributed by atoms with E-state index in [0.717, 1.165) is 36.2 Å². The Morgan fingerprint density at radius 2 is 1.92 bits per heavy atom. The fraction of sp³-hybridized carbons (Fsp3) is 0.917. The van der Waals surface area contributed by atoms with Gasteiger partial charge in [0.25, 0.3) is 0 Å². The Balaban J connectivity index is 1.60. The first-order chi connectivity index (χ1) is 12.1. The number of allylic oxidation sites excluding steroid dienone is 2. The summed E-state index contributed by atoms with van der Waals surface area (Å²) in [5, 5.41) is 0. The lowest BCUT2D eigenvalue weighted by atomic mass is 9.43. The molecule has 0 aromatic rings. The van der Waals surface area contributed by atoms with Crippen molar-refractivity contribution in [2.75, 3.05) is 13.7 Å². The van der Waals surface area contributed by atoms with Gasteiger partial charge in [0.2, 0.25) is 0 Å². The van der Waals surface area contributed by atoms with E-state index in [-0.39, 0.29) is 0 Å². The Bertz CT molecular complexity index is 522. The Morgan fingerprint density at radius 1 is 1.08 bits per heavy atom. The number of hydrogen-bond donors (Lipinski definition) is 0. The first-order valence-electron chi connectivity index (χ1n) is 11.2. The zero-order valence-corrected chi connectivity index (χ0v) is 17.2. The SMILES string of the molecule is C/C=C1\CCC2C3CCC4CC(COC)CCC4(CC)C3CCC12C. The normalized spacial score (nSPS) is 51.0. The minimum absolute atomic E-state index is 0.547. The molecule has 0 heterocycles. The van der Waals surface area contributed by atoms with Crippen molar-refractivity contribution in [3.8, 4) is 0 Å². The van der Waals surface area contributed by atoms with Crippen LogP contribution in [0, 0.1) is 40.4 Å². The molecule has 1 heteroatoms. The van der Waals surface area contributed by atoms with Crippen molar-refractivity contribution < 1.29 is 4.74 Å². The summed E-state index contributed by atoms with van der Waals surface area (Å²) in [5.74, 6) is 4.85. The van der Waals surface area contributed by atoms with Crippen LogP contribution in [0.25, 0.3) is 0 Å². The molecule has 4 saturated carbocycles. The molecule has 4 aliphatic carbocycles. The third kappa shape index (κ3) is 2.59. The molecule has 142 valence electrons. The zero-order chi connectivity index (χ0) is 17.7. The Hall–Kier alpha value is -0.300. The quantitative estimate of drug-likeness (QED) is 0.522. The molecule has 1 nitrogen and oxygen atoms in total. The predicted octanol–water partition coefficient (Wildman–Crippen LogP) is 6.63. The molecule has 4 fully saturated rings. The summed E-state index contributed by atoms with van der Waals surface area (Å²) in [5.41, 5.74) is 3.02. The molecule has 7 atom stereocenters. The van der Waals surface area contributed by atoms with Crippen LogP contribution in [0.5, 0.6) is 0 Å². The van der Waals surface area contributed by atoms with Crippen LogP contribution >= 0.6 is 0 Å². The van der Waals surface area contributed by atoms with Gasteiger partial charge in [0.1, 0.15) is 0 Å². The fourth-order valence-electron chi connectivity index (χ4n) is 8.56. The number of methoxy groups -OCH3 is 1. The molecule has 7 unspecified atom stereocenters. The van der Waals surface area contributed by atoms with Crippen LogP contribution in [0.1, 0.15) is 85.0 Å². The average molecular weight is 345 g/mol. The lowest BCUT2D eigenvalue weighted by Crippen LogP contribution is -2.54. The van der Waals surface area contributed by atoms with Crippen LogP contribution in [0.3, 0.4) is 0 Å². The first-order valence-corrected chi connectivity index (χ1v) is 11.2. The second-order valence-electron chi connectivity index (χ2n) is 10.1. The second kappa shape index (κ2) is 6.70. The van der Waals surface area contributed by atoms with E-state index in [0.29, 0.717) is 10.8 Å². The van der Waals surface area contributed by atoms with Gasteiger partial charge >= 0.3 is 0 Å². The molecule has 4 rings (SSSR count). The molecular formula is C24H40O. The number of rotatable bonds is 3. The molecule has 0 aromatic carbocycles. The van der Waals surface area contributed by atoms with E-state index in [9.17, 15) is 0 Å². The molecule has 0 bridgehead atoms. The molecule has 4 aliphatic rings. The van der Waals surface area contributed by atoms with Gasteiger partial charge in [-0.3, -0.25) is 0 Å². The van der Waals surface area contributed by atoms with Gasteiger partial charge in [-0.05, 0) is 112 Å². The average Bonchev–Trinajstić information content (AvgIpc) is 2.98. The van der Waals surface area contributed by atoms with Crippen molar-refractivity contribution in [3.63, 3.8) is 0 Å². The highest BCUT2D eigenvalue weighted by molar-refractivity contribution is 5.23. The molecule has 0 aromatic heterocycles. The van der Waals surface area contributed by atoms with E-state index in [1.165, 1.54) is 64.2 Å². The lowest BCUT2D eigenvalue weighted by Gasteiger charge is -2.62. The highest BCUT2D eigenvalue weighted by Gasteiger charge is 2.59. The standard InChI is InChI=1S/C24H40O/c1-5-18-8-10-21-20-9-7-19-15-17(16-25-4)11-14-24(19,6-2)22(20)12-13-23(18,21)3/h5,17,19-22H,6-16H2,1-4H3/b18-5+. The summed E-state index contributed by atoms with van der Waals surface area (Å²) in [4.78, 5) is 0.